The molecule has 0 unspecified atom stereocenters. The number of hydrogen-bond donors (Lipinski definition) is 0. The van der Waals surface area contributed by atoms with E-state index in [0.29, 0.717) is 5.39 Å². The van der Waals surface area contributed by atoms with Crippen molar-refractivity contribution in [2.24, 2.45) is 0 Å². The predicted molar refractivity (Wildman–Crippen MR) is 113 cm³/mol. The zero-order valence-corrected chi connectivity index (χ0v) is 16.4. The molecule has 0 amide bonds. The molecule has 1 aromatic heterocycles. The van der Waals surface area contributed by atoms with Crippen molar-refractivity contribution >= 4 is 34.0 Å². The summed E-state index contributed by atoms with van der Waals surface area (Å²) in [5, 5.41) is 1.99. The highest BCUT2D eigenvalue weighted by molar-refractivity contribution is 7.71. The van der Waals surface area contributed by atoms with E-state index in [1.165, 1.54) is 30.9 Å². The molecule has 4 rings (SSSR count). The summed E-state index contributed by atoms with van der Waals surface area (Å²) in [6.45, 7) is 2.20. The van der Waals surface area contributed by atoms with E-state index in [-0.39, 0.29) is 10.3 Å². The number of rotatable bonds is 5. The van der Waals surface area contributed by atoms with Gasteiger partial charge in [0, 0.05) is 10.8 Å². The number of fused-ring (bicyclic) bond motifs is 3. The topological polar surface area (TPSA) is 13.1 Å². The summed E-state index contributed by atoms with van der Waals surface area (Å²) in [7, 11) is 0. The quantitative estimate of drug-likeness (QED) is 0.193. The van der Waals surface area contributed by atoms with Gasteiger partial charge in [-0.3, -0.25) is 0 Å². The van der Waals surface area contributed by atoms with Crippen molar-refractivity contribution in [1.29, 1.82) is 0 Å². The van der Waals surface area contributed by atoms with Gasteiger partial charge in [-0.25, -0.2) is 4.39 Å². The predicted octanol–water partition coefficient (Wildman–Crippen LogP) is 7.99. The van der Waals surface area contributed by atoms with Crippen LogP contribution in [0.4, 0.5) is 8.78 Å². The van der Waals surface area contributed by atoms with Gasteiger partial charge in [-0.15, -0.1) is 0 Å². The molecular weight excluding hydrogens is 374 g/mol. The van der Waals surface area contributed by atoms with E-state index < -0.39 is 11.6 Å². The average Bonchev–Trinajstić information content (AvgIpc) is 2.72. The lowest BCUT2D eigenvalue weighted by Gasteiger charge is -2.08. The number of halogens is 2. The largest absolute Gasteiger partial charge is 0.441 e. The maximum absolute atomic E-state index is 14.1. The van der Waals surface area contributed by atoms with Crippen LogP contribution in [0.3, 0.4) is 0 Å². The molecule has 0 atom stereocenters. The minimum Gasteiger partial charge on any atom is -0.441 e. The molecule has 0 saturated heterocycles. The Morgan fingerprint density at radius 3 is 2.29 bits per heavy atom. The Kier molecular flexibility index (Phi) is 5.23. The van der Waals surface area contributed by atoms with Gasteiger partial charge in [-0.2, -0.15) is 4.39 Å². The lowest BCUT2D eigenvalue weighted by molar-refractivity contribution is 0.486. The molecule has 0 radical (unpaired) electrons. The summed E-state index contributed by atoms with van der Waals surface area (Å²) < 4.78 is 33.2. The molecule has 0 N–H and O–H groups in total. The SMILES string of the molecule is CCCCCc1ccc(-c2ccc3c(c2)c(=S)oc2c(F)c(F)ccc23)cc1. The van der Waals surface area contributed by atoms with Gasteiger partial charge in [0.15, 0.2) is 16.1 Å². The molecule has 28 heavy (non-hydrogen) atoms. The fraction of sp³-hybridized carbons (Fsp3) is 0.208. The molecule has 3 aromatic carbocycles. The summed E-state index contributed by atoms with van der Waals surface area (Å²) in [5.74, 6) is -1.95. The molecular formula is C24H20F2OS. The highest BCUT2D eigenvalue weighted by atomic mass is 32.1. The Bertz CT molecular complexity index is 1210. The first kappa shape index (κ1) is 18.8. The normalized spacial score (nSPS) is 11.4. The third-order valence-corrected chi connectivity index (χ3v) is 5.43. The van der Waals surface area contributed by atoms with Crippen molar-refractivity contribution in [1.82, 2.24) is 0 Å². The minimum absolute atomic E-state index is 0.137. The molecule has 0 bridgehead atoms. The Morgan fingerprint density at radius 1 is 0.821 bits per heavy atom. The standard InChI is InChI=1S/C24H20F2OS/c1-2-3-4-5-15-6-8-16(9-7-15)17-10-11-18-19-12-13-21(25)22(26)23(19)27-24(28)20(18)14-17/h6-14H,2-5H2,1H3. The van der Waals surface area contributed by atoms with Crippen LogP contribution in [0.15, 0.2) is 59.0 Å². The first-order valence-electron chi connectivity index (χ1n) is 9.52. The highest BCUT2D eigenvalue weighted by Gasteiger charge is 2.14. The van der Waals surface area contributed by atoms with Gasteiger partial charge >= 0.3 is 0 Å². The van der Waals surface area contributed by atoms with E-state index in [1.54, 1.807) is 0 Å². The molecule has 0 aliphatic carbocycles. The Morgan fingerprint density at radius 2 is 1.54 bits per heavy atom. The average molecular weight is 394 g/mol. The second-order valence-electron chi connectivity index (χ2n) is 7.04. The smallest absolute Gasteiger partial charge is 0.201 e. The molecule has 0 aliphatic rings. The van der Waals surface area contributed by atoms with Crippen LogP contribution in [0.1, 0.15) is 31.7 Å². The Labute approximate surface area is 167 Å². The van der Waals surface area contributed by atoms with Crippen LogP contribution in [0, 0.1) is 16.3 Å². The lowest BCUT2D eigenvalue weighted by Crippen LogP contribution is -1.89. The Balaban J connectivity index is 1.76. The van der Waals surface area contributed by atoms with Gasteiger partial charge in [-0.05, 0) is 65.3 Å². The number of unbranched alkanes of at least 4 members (excludes halogenated alkanes) is 2. The van der Waals surface area contributed by atoms with Gasteiger partial charge in [0.1, 0.15) is 0 Å². The van der Waals surface area contributed by atoms with E-state index >= 15 is 0 Å². The summed E-state index contributed by atoms with van der Waals surface area (Å²) >= 11 is 5.32. The second kappa shape index (κ2) is 7.80. The summed E-state index contributed by atoms with van der Waals surface area (Å²) in [5.41, 5.74) is 3.29. The van der Waals surface area contributed by atoms with Crippen LogP contribution in [0.5, 0.6) is 0 Å². The molecule has 4 heteroatoms. The number of benzene rings is 3. The van der Waals surface area contributed by atoms with Crippen molar-refractivity contribution in [3.05, 3.63) is 76.5 Å². The van der Waals surface area contributed by atoms with Gasteiger partial charge < -0.3 is 4.42 Å². The fourth-order valence-corrected chi connectivity index (χ4v) is 3.81. The fourth-order valence-electron chi connectivity index (χ4n) is 3.56. The molecule has 0 saturated carbocycles. The second-order valence-corrected chi connectivity index (χ2v) is 7.41. The molecule has 0 fully saturated rings. The van der Waals surface area contributed by atoms with Crippen LogP contribution in [0.25, 0.3) is 32.9 Å². The number of hydrogen-bond acceptors (Lipinski definition) is 2. The van der Waals surface area contributed by atoms with Crippen LogP contribution in [-0.2, 0) is 6.42 Å². The van der Waals surface area contributed by atoms with Gasteiger partial charge in [-0.1, -0.05) is 56.2 Å². The highest BCUT2D eigenvalue weighted by Crippen LogP contribution is 2.32. The van der Waals surface area contributed by atoms with Crippen LogP contribution < -0.4 is 0 Å². The van der Waals surface area contributed by atoms with Gasteiger partial charge in [0.05, 0.1) is 0 Å². The minimum atomic E-state index is -1.01. The summed E-state index contributed by atoms with van der Waals surface area (Å²) in [4.78, 5) is 0. The zero-order valence-electron chi connectivity index (χ0n) is 15.6. The van der Waals surface area contributed by atoms with E-state index in [0.717, 1.165) is 34.4 Å². The van der Waals surface area contributed by atoms with Crippen molar-refractivity contribution in [2.45, 2.75) is 32.6 Å². The molecule has 0 spiro atoms. The van der Waals surface area contributed by atoms with E-state index in [9.17, 15) is 8.78 Å². The van der Waals surface area contributed by atoms with Gasteiger partial charge in [0.2, 0.25) is 5.82 Å². The van der Waals surface area contributed by atoms with Gasteiger partial charge in [0.25, 0.3) is 0 Å². The molecule has 1 nitrogen and oxygen atoms in total. The molecule has 142 valence electrons. The first-order chi connectivity index (χ1) is 13.6. The number of aryl methyl sites for hydroxylation is 1. The van der Waals surface area contributed by atoms with Crippen LogP contribution in [-0.4, -0.2) is 0 Å². The van der Waals surface area contributed by atoms with E-state index in [4.69, 9.17) is 16.6 Å². The van der Waals surface area contributed by atoms with E-state index in [2.05, 4.69) is 31.2 Å². The van der Waals surface area contributed by atoms with Crippen molar-refractivity contribution < 1.29 is 13.2 Å². The molecule has 4 aromatic rings. The summed E-state index contributed by atoms with van der Waals surface area (Å²) in [6.07, 6.45) is 4.76. The van der Waals surface area contributed by atoms with E-state index in [1.807, 2.05) is 18.2 Å². The zero-order chi connectivity index (χ0) is 19.7. The monoisotopic (exact) mass is 394 g/mol. The third kappa shape index (κ3) is 3.45. The van der Waals surface area contributed by atoms with Crippen molar-refractivity contribution in [3.63, 3.8) is 0 Å². The third-order valence-electron chi connectivity index (χ3n) is 5.13. The van der Waals surface area contributed by atoms with Crippen LogP contribution in [0.2, 0.25) is 0 Å². The lowest BCUT2D eigenvalue weighted by atomic mass is 9.98. The van der Waals surface area contributed by atoms with Crippen molar-refractivity contribution in [2.75, 3.05) is 0 Å². The summed E-state index contributed by atoms with van der Waals surface area (Å²) in [6, 6.07) is 17.0. The molecule has 0 aliphatic heterocycles. The maximum atomic E-state index is 14.1. The first-order valence-corrected chi connectivity index (χ1v) is 9.93. The molecule has 1 heterocycles. The maximum Gasteiger partial charge on any atom is 0.201 e. The Hall–Kier alpha value is -2.59. The van der Waals surface area contributed by atoms with Crippen LogP contribution >= 0.6 is 12.2 Å². The van der Waals surface area contributed by atoms with Crippen molar-refractivity contribution in [3.8, 4) is 11.1 Å².